The first-order chi connectivity index (χ1) is 11.4. The fraction of sp³-hybridized carbons (Fsp3) is 0.294. The van der Waals surface area contributed by atoms with Crippen LogP contribution < -0.4 is 11.1 Å². The van der Waals surface area contributed by atoms with Crippen LogP contribution >= 0.6 is 0 Å². The zero-order valence-corrected chi connectivity index (χ0v) is 13.9. The molecular formula is C17H20N6O. The van der Waals surface area contributed by atoms with Crippen LogP contribution in [0.1, 0.15) is 30.0 Å². The minimum Gasteiger partial charge on any atom is -0.344 e. The Labute approximate surface area is 139 Å². The van der Waals surface area contributed by atoms with Gasteiger partial charge in [-0.15, -0.1) is 5.10 Å². The van der Waals surface area contributed by atoms with Gasteiger partial charge in [-0.2, -0.15) is 0 Å². The van der Waals surface area contributed by atoms with Crippen LogP contribution in [-0.4, -0.2) is 38.0 Å². The van der Waals surface area contributed by atoms with Crippen LogP contribution in [-0.2, 0) is 0 Å². The Kier molecular flexibility index (Phi) is 4.02. The Morgan fingerprint density at radius 2 is 2.04 bits per heavy atom. The summed E-state index contributed by atoms with van der Waals surface area (Å²) in [5.41, 5.74) is 7.69. The molecule has 3 rings (SSSR count). The van der Waals surface area contributed by atoms with Gasteiger partial charge < -0.3 is 11.1 Å². The topological polar surface area (TPSA) is 98.7 Å². The third-order valence-electron chi connectivity index (χ3n) is 3.91. The molecule has 7 heteroatoms. The van der Waals surface area contributed by atoms with Gasteiger partial charge in [0.15, 0.2) is 5.69 Å². The lowest BCUT2D eigenvalue weighted by Gasteiger charge is -2.23. The van der Waals surface area contributed by atoms with E-state index in [1.54, 1.807) is 10.9 Å². The van der Waals surface area contributed by atoms with Crippen LogP contribution in [0.5, 0.6) is 0 Å². The van der Waals surface area contributed by atoms with Crippen molar-refractivity contribution >= 4 is 16.8 Å². The number of nitrogens with one attached hydrogen (secondary N) is 1. The van der Waals surface area contributed by atoms with Gasteiger partial charge in [-0.1, -0.05) is 23.4 Å². The molecule has 0 aliphatic carbocycles. The average Bonchev–Trinajstić information content (AvgIpc) is 2.95. The van der Waals surface area contributed by atoms with E-state index in [9.17, 15) is 4.79 Å². The van der Waals surface area contributed by atoms with Crippen molar-refractivity contribution in [2.75, 3.05) is 6.54 Å². The number of fused-ring (bicyclic) bond motifs is 1. The van der Waals surface area contributed by atoms with Crippen LogP contribution in [0.3, 0.4) is 0 Å². The van der Waals surface area contributed by atoms with Gasteiger partial charge in [0.1, 0.15) is 0 Å². The lowest BCUT2D eigenvalue weighted by atomic mass is 10.1. The van der Waals surface area contributed by atoms with E-state index < -0.39 is 5.54 Å². The van der Waals surface area contributed by atoms with Crippen LogP contribution in [0.15, 0.2) is 36.5 Å². The van der Waals surface area contributed by atoms with Crippen molar-refractivity contribution in [3.63, 3.8) is 0 Å². The summed E-state index contributed by atoms with van der Waals surface area (Å²) in [5.74, 6) is -0.289. The predicted octanol–water partition coefficient (Wildman–Crippen LogP) is 1.59. The van der Waals surface area contributed by atoms with E-state index in [4.69, 9.17) is 5.73 Å². The highest BCUT2D eigenvalue weighted by atomic mass is 16.2. The Hall–Kier alpha value is -2.80. The number of nitrogens with zero attached hydrogens (tertiary/aromatic N) is 4. The fourth-order valence-corrected chi connectivity index (χ4v) is 2.44. The van der Waals surface area contributed by atoms with Crippen molar-refractivity contribution < 1.29 is 4.79 Å². The summed E-state index contributed by atoms with van der Waals surface area (Å²) in [6.07, 6.45) is 1.73. The Morgan fingerprint density at radius 1 is 1.29 bits per heavy atom. The number of rotatable bonds is 4. The molecule has 1 aromatic carbocycles. The number of amides is 1. The molecule has 3 N–H and O–H groups in total. The van der Waals surface area contributed by atoms with E-state index in [0.29, 0.717) is 12.2 Å². The Bertz CT molecular complexity index is 894. The van der Waals surface area contributed by atoms with Crippen molar-refractivity contribution in [1.29, 1.82) is 0 Å². The van der Waals surface area contributed by atoms with E-state index in [1.807, 2.05) is 51.1 Å². The van der Waals surface area contributed by atoms with Gasteiger partial charge in [0, 0.05) is 23.7 Å². The largest absolute Gasteiger partial charge is 0.344 e. The number of carbonyl (C=O) groups is 1. The first-order valence-electron chi connectivity index (χ1n) is 7.72. The number of hydrogen-bond donors (Lipinski definition) is 2. The number of carbonyl (C=O) groups excluding carboxylic acids is 1. The molecule has 0 bridgehead atoms. The maximum absolute atomic E-state index is 12.5. The molecular weight excluding hydrogens is 304 g/mol. The molecule has 1 amide bonds. The maximum Gasteiger partial charge on any atom is 0.274 e. The fourth-order valence-electron chi connectivity index (χ4n) is 2.44. The number of hydrogen-bond acceptors (Lipinski definition) is 5. The molecule has 0 radical (unpaired) electrons. The molecule has 0 fully saturated rings. The predicted molar refractivity (Wildman–Crippen MR) is 92.0 cm³/mol. The summed E-state index contributed by atoms with van der Waals surface area (Å²) in [5, 5.41) is 12.1. The van der Waals surface area contributed by atoms with E-state index in [2.05, 4.69) is 20.6 Å². The van der Waals surface area contributed by atoms with Crippen LogP contribution in [0, 0.1) is 6.92 Å². The van der Waals surface area contributed by atoms with Gasteiger partial charge in [0.25, 0.3) is 5.91 Å². The highest BCUT2D eigenvalue weighted by Gasteiger charge is 2.24. The van der Waals surface area contributed by atoms with Crippen LogP contribution in [0.2, 0.25) is 0 Å². The third-order valence-corrected chi connectivity index (χ3v) is 3.91. The number of benzene rings is 1. The first-order valence-corrected chi connectivity index (χ1v) is 7.72. The second-order valence-electron chi connectivity index (χ2n) is 6.33. The van der Waals surface area contributed by atoms with Gasteiger partial charge in [-0.05, 0) is 32.9 Å². The molecule has 0 aliphatic rings. The monoisotopic (exact) mass is 324 g/mol. The van der Waals surface area contributed by atoms with E-state index >= 15 is 0 Å². The molecule has 0 saturated heterocycles. The number of nitrogens with two attached hydrogens (primary N) is 1. The average molecular weight is 324 g/mol. The summed E-state index contributed by atoms with van der Waals surface area (Å²) in [6, 6.07) is 9.68. The number of aromatic nitrogens is 4. The number of pyridine rings is 1. The normalized spacial score (nSPS) is 11.7. The summed E-state index contributed by atoms with van der Waals surface area (Å²) >= 11 is 0. The van der Waals surface area contributed by atoms with Crippen molar-refractivity contribution in [1.82, 2.24) is 25.3 Å². The quantitative estimate of drug-likeness (QED) is 0.759. The molecule has 0 atom stereocenters. The van der Waals surface area contributed by atoms with E-state index in [0.717, 1.165) is 16.6 Å². The van der Waals surface area contributed by atoms with Crippen molar-refractivity contribution in [3.05, 3.63) is 47.9 Å². The summed E-state index contributed by atoms with van der Waals surface area (Å²) in [6.45, 7) is 5.86. The minimum atomic E-state index is -0.506. The number of para-hydroxylation sites is 1. The molecule has 24 heavy (non-hydrogen) atoms. The van der Waals surface area contributed by atoms with Gasteiger partial charge in [0.2, 0.25) is 0 Å². The van der Waals surface area contributed by atoms with Gasteiger partial charge in [-0.25, -0.2) is 4.68 Å². The standard InChI is InChI=1S/C17H20N6O/c1-11-14(16(24)20-17(2,3)10-18)21-22-23(11)13-8-4-6-12-7-5-9-19-15(12)13/h4-9H,10,18H2,1-3H3,(H,20,24). The molecule has 3 aromatic rings. The third kappa shape index (κ3) is 2.85. The summed E-state index contributed by atoms with van der Waals surface area (Å²) < 4.78 is 1.64. The first kappa shape index (κ1) is 16.1. The maximum atomic E-state index is 12.5. The molecule has 2 aromatic heterocycles. The molecule has 0 saturated carbocycles. The molecule has 2 heterocycles. The van der Waals surface area contributed by atoms with E-state index in [1.165, 1.54) is 0 Å². The van der Waals surface area contributed by atoms with Crippen molar-refractivity contribution in [3.8, 4) is 5.69 Å². The Balaban J connectivity index is 2.02. The van der Waals surface area contributed by atoms with E-state index in [-0.39, 0.29) is 11.6 Å². The zero-order chi connectivity index (χ0) is 17.3. The SMILES string of the molecule is Cc1c(C(=O)NC(C)(C)CN)nnn1-c1cccc2cccnc12. The molecule has 0 spiro atoms. The molecule has 0 aliphatic heterocycles. The van der Waals surface area contributed by atoms with Crippen molar-refractivity contribution in [2.45, 2.75) is 26.3 Å². The molecule has 0 unspecified atom stereocenters. The highest BCUT2D eigenvalue weighted by Crippen LogP contribution is 2.21. The Morgan fingerprint density at radius 3 is 2.79 bits per heavy atom. The molecule has 124 valence electrons. The highest BCUT2D eigenvalue weighted by molar-refractivity contribution is 5.94. The van der Waals surface area contributed by atoms with Gasteiger partial charge in [0.05, 0.1) is 16.9 Å². The second kappa shape index (κ2) is 6.01. The summed E-state index contributed by atoms with van der Waals surface area (Å²) in [7, 11) is 0. The lowest BCUT2D eigenvalue weighted by Crippen LogP contribution is -2.49. The van der Waals surface area contributed by atoms with Crippen LogP contribution in [0.25, 0.3) is 16.6 Å². The lowest BCUT2D eigenvalue weighted by molar-refractivity contribution is 0.0910. The van der Waals surface area contributed by atoms with Crippen LogP contribution in [0.4, 0.5) is 0 Å². The second-order valence-corrected chi connectivity index (χ2v) is 6.33. The van der Waals surface area contributed by atoms with Gasteiger partial charge in [-0.3, -0.25) is 9.78 Å². The van der Waals surface area contributed by atoms with Gasteiger partial charge >= 0.3 is 0 Å². The minimum absolute atomic E-state index is 0.282. The molecule has 7 nitrogen and oxygen atoms in total. The summed E-state index contributed by atoms with van der Waals surface area (Å²) in [4.78, 5) is 16.9. The zero-order valence-electron chi connectivity index (χ0n) is 13.9. The smallest absolute Gasteiger partial charge is 0.274 e. The van der Waals surface area contributed by atoms with Crippen molar-refractivity contribution in [2.24, 2.45) is 5.73 Å².